The van der Waals surface area contributed by atoms with Crippen LogP contribution >= 0.6 is 11.3 Å². The van der Waals surface area contributed by atoms with Crippen LogP contribution in [0.5, 0.6) is 0 Å². The molecule has 0 atom stereocenters. The molecule has 0 aliphatic heterocycles. The number of nitrogens with zero attached hydrogens (tertiary/aromatic N) is 2. The van der Waals surface area contributed by atoms with Crippen LogP contribution < -0.4 is 4.40 Å². The fraction of sp³-hybridized carbons (Fsp3) is 0.125. The van der Waals surface area contributed by atoms with Crippen molar-refractivity contribution < 1.29 is 27.2 Å². The minimum Gasteiger partial charge on any atom is 0 e. The maximum Gasteiger partial charge on any atom is 0 e. The van der Waals surface area contributed by atoms with E-state index in [0.29, 0.717) is 11.3 Å². The van der Waals surface area contributed by atoms with Crippen molar-refractivity contribution >= 4 is 70.7 Å². The molecule has 0 saturated carbocycles. The molecule has 9 aromatic rings. The Morgan fingerprint density at radius 1 is 0.667 bits per heavy atom. The minimum absolute atomic E-state index is 0. The Kier molecular flexibility index (Phi) is 10.2. The number of rotatable bonds is 5. The molecular weight excluding hydrogens is 920 g/mol. The van der Waals surface area contributed by atoms with E-state index in [1.54, 1.807) is 29.5 Å². The number of fused-ring (bicyclic) bond motifs is 8. The van der Waals surface area contributed by atoms with Crippen LogP contribution in [0.1, 0.15) is 25.0 Å². The van der Waals surface area contributed by atoms with Gasteiger partial charge in [0.05, 0.1) is 6.20 Å². The smallest absolute Gasteiger partial charge is 0 e. The third kappa shape index (κ3) is 7.56. The first kappa shape index (κ1) is 35.2. The Bertz CT molecular complexity index is 2850. The molecule has 0 aliphatic rings. The molecule has 0 N–H and O–H groups in total. The maximum atomic E-state index is 15.1. The standard InChI is InChI=1S/C34H23FNS.C14H16GeN.Ir/c1-20-10-13-22(14-11-20)17-23-18-31(36-19-30(23)35)27-8-5-9-28-32-25-7-4-3-6-24(25)29-16-21(2)12-15-26(29)34(32)37-33(27)28;1-15(2,3)13-9-10-14(16-11-13)12-7-5-4-6-8-12;/h3-7,9-16,18-19H,17H2,1-2H3;4-7,9-11H,1-3H3;/q2*-1;/i17D2;;. The summed E-state index contributed by atoms with van der Waals surface area (Å²) in [7, 11) is 0. The molecule has 6 aromatic carbocycles. The normalized spacial score (nSPS) is 12.3. The predicted octanol–water partition coefficient (Wildman–Crippen LogP) is 12.7. The van der Waals surface area contributed by atoms with Gasteiger partial charge in [0.15, 0.2) is 0 Å². The van der Waals surface area contributed by atoms with E-state index in [1.165, 1.54) is 41.6 Å². The number of hydrogen-bond acceptors (Lipinski definition) is 3. The zero-order chi connectivity index (χ0) is 38.5. The molecule has 9 rings (SSSR count). The second-order valence-electron chi connectivity index (χ2n) is 14.5. The molecule has 0 bridgehead atoms. The molecule has 3 heterocycles. The number of aromatic nitrogens is 2. The third-order valence-electron chi connectivity index (χ3n) is 9.61. The van der Waals surface area contributed by atoms with Crippen LogP contribution in [0.15, 0.2) is 134 Å². The molecule has 0 amide bonds. The molecule has 0 saturated heterocycles. The van der Waals surface area contributed by atoms with Crippen molar-refractivity contribution in [3.63, 3.8) is 0 Å². The Balaban J connectivity index is 0.000000238. The van der Waals surface area contributed by atoms with Gasteiger partial charge in [-0.3, -0.25) is 0 Å². The molecule has 3 aromatic heterocycles. The Morgan fingerprint density at radius 3 is 2.13 bits per heavy atom. The Hall–Kier alpha value is -4.52. The molecule has 269 valence electrons. The number of aryl methyl sites for hydroxylation is 2. The van der Waals surface area contributed by atoms with Crippen molar-refractivity contribution in [3.8, 4) is 22.5 Å². The summed E-state index contributed by atoms with van der Waals surface area (Å²) < 4.78 is 36.4. The van der Waals surface area contributed by atoms with Gasteiger partial charge in [-0.2, -0.15) is 11.3 Å². The summed E-state index contributed by atoms with van der Waals surface area (Å²) in [4.78, 5) is 8.95. The van der Waals surface area contributed by atoms with Crippen molar-refractivity contribution in [2.75, 3.05) is 0 Å². The molecule has 0 spiro atoms. The average Bonchev–Trinajstić information content (AvgIpc) is 3.59. The van der Waals surface area contributed by atoms with Gasteiger partial charge in [0.1, 0.15) is 5.82 Å². The summed E-state index contributed by atoms with van der Waals surface area (Å²) in [5, 5.41) is 7.11. The van der Waals surface area contributed by atoms with Crippen molar-refractivity contribution in [3.05, 3.63) is 174 Å². The molecule has 6 heteroatoms. The summed E-state index contributed by atoms with van der Waals surface area (Å²) in [6.45, 7) is 4.06. The van der Waals surface area contributed by atoms with E-state index in [4.69, 9.17) is 2.74 Å². The van der Waals surface area contributed by atoms with Gasteiger partial charge in [0, 0.05) is 27.5 Å². The van der Waals surface area contributed by atoms with Crippen molar-refractivity contribution in [2.24, 2.45) is 0 Å². The quantitative estimate of drug-likeness (QED) is 0.0976. The van der Waals surface area contributed by atoms with Gasteiger partial charge < -0.3 is 4.98 Å². The monoisotopic (exact) mass is 963 g/mol. The molecule has 0 fully saturated rings. The number of hydrogen-bond donors (Lipinski definition) is 0. The van der Waals surface area contributed by atoms with E-state index in [-0.39, 0.29) is 25.7 Å². The van der Waals surface area contributed by atoms with Gasteiger partial charge in [-0.15, -0.1) is 23.8 Å². The topological polar surface area (TPSA) is 25.8 Å². The van der Waals surface area contributed by atoms with Crippen LogP contribution in [0.2, 0.25) is 17.3 Å². The van der Waals surface area contributed by atoms with Crippen LogP contribution in [0.25, 0.3) is 64.2 Å². The summed E-state index contributed by atoms with van der Waals surface area (Å²) >= 11 is -0.0258. The largest absolute Gasteiger partial charge is 0 e. The predicted molar refractivity (Wildman–Crippen MR) is 227 cm³/mol. The van der Waals surface area contributed by atoms with E-state index < -0.39 is 25.5 Å². The van der Waals surface area contributed by atoms with Crippen molar-refractivity contribution in [1.82, 2.24) is 9.97 Å². The summed E-state index contributed by atoms with van der Waals surface area (Å²) in [6, 6.07) is 46.6. The van der Waals surface area contributed by atoms with Gasteiger partial charge in [-0.25, -0.2) is 4.39 Å². The fourth-order valence-corrected chi connectivity index (χ4v) is 10.3. The maximum absolute atomic E-state index is 15.1. The van der Waals surface area contributed by atoms with Crippen LogP contribution in [0, 0.1) is 31.8 Å². The van der Waals surface area contributed by atoms with Crippen LogP contribution in [0.3, 0.4) is 0 Å². The number of pyridine rings is 2. The van der Waals surface area contributed by atoms with E-state index in [9.17, 15) is 0 Å². The molecular formula is C48H39FGeIrN2S-2. The first-order chi connectivity index (χ1) is 26.4. The van der Waals surface area contributed by atoms with E-state index in [2.05, 4.69) is 107 Å². The zero-order valence-electron chi connectivity index (χ0n) is 32.7. The number of benzene rings is 6. The molecule has 54 heavy (non-hydrogen) atoms. The Labute approximate surface area is 339 Å². The second-order valence-corrected chi connectivity index (χ2v) is 26.2. The first-order valence-electron chi connectivity index (χ1n) is 18.8. The zero-order valence-corrected chi connectivity index (χ0v) is 36.0. The van der Waals surface area contributed by atoms with Crippen LogP contribution in [-0.4, -0.2) is 23.2 Å². The van der Waals surface area contributed by atoms with Gasteiger partial charge in [-0.1, -0.05) is 89.3 Å². The molecule has 0 unspecified atom stereocenters. The second kappa shape index (κ2) is 15.7. The summed E-state index contributed by atoms with van der Waals surface area (Å²) in [5.74, 6) is 6.47. The van der Waals surface area contributed by atoms with Gasteiger partial charge >= 0.3 is 99.8 Å². The number of halogens is 1. The van der Waals surface area contributed by atoms with Crippen LogP contribution in [0.4, 0.5) is 4.39 Å². The van der Waals surface area contributed by atoms with Crippen LogP contribution in [-0.2, 0) is 26.5 Å². The van der Waals surface area contributed by atoms with E-state index in [0.717, 1.165) is 38.7 Å². The third-order valence-corrected chi connectivity index (χ3v) is 15.1. The van der Waals surface area contributed by atoms with Gasteiger partial charge in [0.25, 0.3) is 0 Å². The van der Waals surface area contributed by atoms with Crippen molar-refractivity contribution in [1.29, 1.82) is 0 Å². The summed E-state index contributed by atoms with van der Waals surface area (Å²) in [6.07, 6.45) is 1.15. The van der Waals surface area contributed by atoms with E-state index >= 15 is 4.39 Å². The first-order valence-corrected chi connectivity index (χ1v) is 25.9. The van der Waals surface area contributed by atoms with Crippen molar-refractivity contribution in [2.45, 2.75) is 37.5 Å². The van der Waals surface area contributed by atoms with Gasteiger partial charge in [0.2, 0.25) is 0 Å². The molecule has 2 nitrogen and oxygen atoms in total. The Morgan fingerprint density at radius 2 is 1.41 bits per heavy atom. The number of thiophene rings is 1. The SMILES string of the molecule is [2H]C([2H])(c1ccc(C)cc1)c1cc(-c2[c-]ccc3c2sc2c4ccc(C)cc4c4ccccc4c32)ncc1F.[CH3][Ge]([CH3])([CH3])[c]1ccc(-c2[c-]cccc2)nc1.[Ir]. The average molecular weight is 962 g/mol. The molecule has 0 aliphatic carbocycles. The molecule has 1 radical (unpaired) electrons. The van der Waals surface area contributed by atoms with E-state index in [1.807, 2.05) is 55.6 Å². The minimum atomic E-state index is -2.02. The fourth-order valence-electron chi connectivity index (χ4n) is 6.74. The summed E-state index contributed by atoms with van der Waals surface area (Å²) in [5.41, 5.74) is 5.94. The van der Waals surface area contributed by atoms with Gasteiger partial charge in [-0.05, 0) is 68.7 Å².